The molecule has 0 spiro atoms. The molecule has 1 aliphatic heterocycles. The lowest BCUT2D eigenvalue weighted by atomic mass is 9.73. The lowest BCUT2D eigenvalue weighted by Crippen LogP contribution is -2.32. The van der Waals surface area contributed by atoms with Crippen molar-refractivity contribution in [2.75, 3.05) is 0 Å². The highest BCUT2D eigenvalue weighted by Crippen LogP contribution is 2.59. The number of allylic oxidation sites excluding steroid dienone is 2. The van der Waals surface area contributed by atoms with Gasteiger partial charge in [-0.05, 0) is 18.8 Å². The largest absolute Gasteiger partial charge is 0.296 e. The van der Waals surface area contributed by atoms with Crippen LogP contribution in [0, 0.1) is 23.2 Å². The van der Waals surface area contributed by atoms with Crippen molar-refractivity contribution in [2.45, 2.75) is 19.8 Å². The van der Waals surface area contributed by atoms with Crippen LogP contribution in [0.3, 0.4) is 0 Å². The van der Waals surface area contributed by atoms with Gasteiger partial charge < -0.3 is 0 Å². The summed E-state index contributed by atoms with van der Waals surface area (Å²) in [7, 11) is 0. The highest BCUT2D eigenvalue weighted by molar-refractivity contribution is 6.06. The first kappa shape index (κ1) is 8.21. The molecular weight excluding hydrogens is 178 g/mol. The van der Waals surface area contributed by atoms with Crippen LogP contribution in [0.5, 0.6) is 0 Å². The first-order valence-corrected chi connectivity index (χ1v) is 5.22. The Balaban J connectivity index is 2.10. The summed E-state index contributed by atoms with van der Waals surface area (Å²) in [5.41, 5.74) is -0.00836. The third kappa shape index (κ3) is 0.703. The Kier molecular flexibility index (Phi) is 1.33. The van der Waals surface area contributed by atoms with E-state index in [1.807, 2.05) is 0 Å². The van der Waals surface area contributed by atoms with Gasteiger partial charge >= 0.3 is 0 Å². The number of rotatable bonds is 1. The van der Waals surface area contributed by atoms with E-state index in [9.17, 15) is 9.59 Å². The van der Waals surface area contributed by atoms with Crippen molar-refractivity contribution in [3.05, 3.63) is 12.2 Å². The molecule has 1 saturated heterocycles. The monoisotopic (exact) mass is 191 g/mol. The van der Waals surface area contributed by atoms with E-state index in [1.54, 1.807) is 0 Å². The van der Waals surface area contributed by atoms with Gasteiger partial charge in [0.1, 0.15) is 0 Å². The van der Waals surface area contributed by atoms with Crippen LogP contribution in [0.15, 0.2) is 12.2 Å². The number of hydrogen-bond acceptors (Lipinski definition) is 2. The molecular formula is C11H13NO2. The first-order chi connectivity index (χ1) is 6.68. The summed E-state index contributed by atoms with van der Waals surface area (Å²) in [6.07, 6.45) is 6.25. The second-order valence-electron chi connectivity index (χ2n) is 4.67. The van der Waals surface area contributed by atoms with Crippen LogP contribution < -0.4 is 5.32 Å². The van der Waals surface area contributed by atoms with Gasteiger partial charge in [-0.3, -0.25) is 14.9 Å². The second kappa shape index (κ2) is 2.27. The average Bonchev–Trinajstić information content (AvgIpc) is 2.78. The zero-order chi connectivity index (χ0) is 9.92. The van der Waals surface area contributed by atoms with E-state index < -0.39 is 0 Å². The Hall–Kier alpha value is -1.12. The van der Waals surface area contributed by atoms with Crippen LogP contribution in [0.25, 0.3) is 0 Å². The molecule has 14 heavy (non-hydrogen) atoms. The van der Waals surface area contributed by atoms with Gasteiger partial charge in [-0.1, -0.05) is 19.1 Å². The van der Waals surface area contributed by atoms with Crippen molar-refractivity contribution in [1.82, 2.24) is 5.32 Å². The van der Waals surface area contributed by atoms with Gasteiger partial charge in [0.25, 0.3) is 0 Å². The number of amides is 2. The maximum Gasteiger partial charge on any atom is 0.231 e. The molecule has 2 fully saturated rings. The van der Waals surface area contributed by atoms with Crippen LogP contribution in [-0.2, 0) is 9.59 Å². The van der Waals surface area contributed by atoms with Crippen LogP contribution >= 0.6 is 0 Å². The van der Waals surface area contributed by atoms with E-state index in [2.05, 4.69) is 24.4 Å². The standard InChI is InChI=1S/C11H13NO2/c1-2-11-4-3-6(5-11)7-8(11)10(14)12-9(7)13/h3-4,6-8H,2,5H2,1H3,(H,12,13,14). The van der Waals surface area contributed by atoms with Gasteiger partial charge in [-0.25, -0.2) is 0 Å². The molecule has 4 atom stereocenters. The Labute approximate surface area is 82.6 Å². The molecule has 1 heterocycles. The smallest absolute Gasteiger partial charge is 0.231 e. The molecule has 4 unspecified atom stereocenters. The molecule has 0 aromatic carbocycles. The fourth-order valence-corrected chi connectivity index (χ4v) is 3.51. The van der Waals surface area contributed by atoms with Crippen molar-refractivity contribution in [2.24, 2.45) is 23.2 Å². The van der Waals surface area contributed by atoms with Gasteiger partial charge in [-0.2, -0.15) is 0 Å². The number of nitrogens with one attached hydrogen (secondary N) is 1. The van der Waals surface area contributed by atoms with Crippen molar-refractivity contribution in [3.8, 4) is 0 Å². The molecule has 0 aromatic rings. The highest BCUT2D eigenvalue weighted by atomic mass is 16.2. The summed E-state index contributed by atoms with van der Waals surface area (Å²) in [6.45, 7) is 2.10. The van der Waals surface area contributed by atoms with Crippen LogP contribution in [0.4, 0.5) is 0 Å². The number of imide groups is 1. The topological polar surface area (TPSA) is 46.2 Å². The van der Waals surface area contributed by atoms with Gasteiger partial charge in [0.05, 0.1) is 11.8 Å². The van der Waals surface area contributed by atoms with Crippen molar-refractivity contribution in [1.29, 1.82) is 0 Å². The lowest BCUT2D eigenvalue weighted by Gasteiger charge is -2.28. The van der Waals surface area contributed by atoms with Gasteiger partial charge in [0.2, 0.25) is 11.8 Å². The lowest BCUT2D eigenvalue weighted by molar-refractivity contribution is -0.127. The molecule has 3 nitrogen and oxygen atoms in total. The fourth-order valence-electron chi connectivity index (χ4n) is 3.51. The highest BCUT2D eigenvalue weighted by Gasteiger charge is 2.62. The molecule has 0 radical (unpaired) electrons. The summed E-state index contributed by atoms with van der Waals surface area (Å²) < 4.78 is 0. The maximum absolute atomic E-state index is 11.7. The first-order valence-electron chi connectivity index (χ1n) is 5.22. The normalized spacial score (nSPS) is 48.5. The summed E-state index contributed by atoms with van der Waals surface area (Å²) >= 11 is 0. The number of hydrogen-bond donors (Lipinski definition) is 1. The number of fused-ring (bicyclic) bond motifs is 5. The zero-order valence-electron chi connectivity index (χ0n) is 8.12. The number of carbonyl (C=O) groups is 2. The molecule has 0 aromatic heterocycles. The Morgan fingerprint density at radius 3 is 3.00 bits per heavy atom. The average molecular weight is 191 g/mol. The van der Waals surface area contributed by atoms with Gasteiger partial charge in [0.15, 0.2) is 0 Å². The minimum absolute atomic E-state index is 0.00836. The van der Waals surface area contributed by atoms with E-state index in [-0.39, 0.29) is 29.1 Å². The Bertz CT molecular complexity index is 360. The van der Waals surface area contributed by atoms with Crippen LogP contribution in [-0.4, -0.2) is 11.8 Å². The molecule has 1 N–H and O–H groups in total. The summed E-state index contributed by atoms with van der Waals surface area (Å²) in [4.78, 5) is 23.2. The molecule has 3 rings (SSSR count). The summed E-state index contributed by atoms with van der Waals surface area (Å²) in [5, 5.41) is 2.46. The molecule has 3 heteroatoms. The third-order valence-electron chi connectivity index (χ3n) is 4.22. The van der Waals surface area contributed by atoms with Crippen LogP contribution in [0.1, 0.15) is 19.8 Å². The molecule has 2 bridgehead atoms. The molecule has 2 aliphatic carbocycles. The molecule has 3 aliphatic rings. The summed E-state index contributed by atoms with van der Waals surface area (Å²) in [5.74, 6) is 0.0761. The number of carbonyl (C=O) groups excluding carboxylic acids is 2. The molecule has 74 valence electrons. The van der Waals surface area contributed by atoms with Gasteiger partial charge in [0, 0.05) is 5.41 Å². The Morgan fingerprint density at radius 2 is 2.29 bits per heavy atom. The minimum atomic E-state index is -0.0741. The van der Waals surface area contributed by atoms with E-state index in [0.29, 0.717) is 5.92 Å². The van der Waals surface area contributed by atoms with E-state index in [0.717, 1.165) is 12.8 Å². The summed E-state index contributed by atoms with van der Waals surface area (Å²) in [6, 6.07) is 0. The predicted octanol–water partition coefficient (Wildman–Crippen LogP) is 0.861. The van der Waals surface area contributed by atoms with Crippen LogP contribution in [0.2, 0.25) is 0 Å². The quantitative estimate of drug-likeness (QED) is 0.493. The predicted molar refractivity (Wildman–Crippen MR) is 50.1 cm³/mol. The van der Waals surface area contributed by atoms with E-state index in [4.69, 9.17) is 0 Å². The third-order valence-corrected chi connectivity index (χ3v) is 4.22. The van der Waals surface area contributed by atoms with Crippen molar-refractivity contribution in [3.63, 3.8) is 0 Å². The molecule has 2 amide bonds. The maximum atomic E-state index is 11.7. The van der Waals surface area contributed by atoms with Crippen molar-refractivity contribution >= 4 is 11.8 Å². The van der Waals surface area contributed by atoms with Crippen molar-refractivity contribution < 1.29 is 9.59 Å². The Morgan fingerprint density at radius 1 is 1.50 bits per heavy atom. The SMILES string of the molecule is CCC12C=CC(C1)C1C(=O)NC(=O)C12. The van der Waals surface area contributed by atoms with E-state index >= 15 is 0 Å². The fraction of sp³-hybridized carbons (Fsp3) is 0.636. The zero-order valence-corrected chi connectivity index (χ0v) is 8.12. The second-order valence-corrected chi connectivity index (χ2v) is 4.67. The molecule has 1 saturated carbocycles. The minimum Gasteiger partial charge on any atom is -0.296 e. The van der Waals surface area contributed by atoms with E-state index in [1.165, 1.54) is 0 Å². The van der Waals surface area contributed by atoms with Gasteiger partial charge in [-0.15, -0.1) is 0 Å².